The van der Waals surface area contributed by atoms with Crippen molar-refractivity contribution < 1.29 is 44.5 Å². The Morgan fingerprint density at radius 2 is 1.66 bits per heavy atom. The maximum Gasteiger partial charge on any atom is 0.120 e. The van der Waals surface area contributed by atoms with E-state index in [1.54, 1.807) is 21.3 Å². The SMILES string of the molecule is CCN1C[C@]2(COC)[C@H](O)CC(OC)C34C1C([C@H](OC)[C@@H]32)[C@]1(O)[C@@H]2[C@H]4C[C@](O)([C@@H]2O)[C@@H](OC)[C@@H]1O. The number of aliphatic hydroxyl groups excluding tert-OH is 3. The minimum Gasteiger partial charge on any atom is -0.392 e. The number of aliphatic hydroxyl groups is 5. The standard InChI is InChI=1S/C25H41NO9/c1-6-26-9-22(10-32-2)12(27)7-13(33-3)24-11-8-23(30)19(28)14(11)25(31,20(29)21(23)35-5)15(18(24)26)16(34-4)17(22)24/h11-21,27-31H,6-10H2,1-5H3/t11-,12-,13?,14-,15?,16+,17-,18?,19-,20+,21+,22+,23+,24?,25-/m1/s1. The molecule has 6 aliphatic rings. The van der Waals surface area contributed by atoms with Crippen LogP contribution in [0.3, 0.4) is 0 Å². The molecule has 5 aliphatic carbocycles. The van der Waals surface area contributed by atoms with Gasteiger partial charge in [0.1, 0.15) is 23.4 Å². The molecule has 5 N–H and O–H groups in total. The van der Waals surface area contributed by atoms with Crippen molar-refractivity contribution in [1.82, 2.24) is 4.90 Å². The maximum absolute atomic E-state index is 12.6. The van der Waals surface area contributed by atoms with E-state index in [4.69, 9.17) is 18.9 Å². The van der Waals surface area contributed by atoms with Crippen molar-refractivity contribution in [2.45, 2.75) is 73.6 Å². The van der Waals surface area contributed by atoms with Gasteiger partial charge >= 0.3 is 0 Å². The molecule has 7 bridgehead atoms. The second-order valence-electron chi connectivity index (χ2n) is 12.1. The Bertz CT molecular complexity index is 878. The zero-order chi connectivity index (χ0) is 25.3. The van der Waals surface area contributed by atoms with Crippen LogP contribution in [-0.2, 0) is 18.9 Å². The van der Waals surface area contributed by atoms with E-state index in [1.165, 1.54) is 7.11 Å². The van der Waals surface area contributed by atoms with Crippen LogP contribution in [0, 0.1) is 34.5 Å². The van der Waals surface area contributed by atoms with Gasteiger partial charge in [0.2, 0.25) is 0 Å². The lowest BCUT2D eigenvalue weighted by Gasteiger charge is -2.70. The highest BCUT2D eigenvalue weighted by molar-refractivity contribution is 5.39. The summed E-state index contributed by atoms with van der Waals surface area (Å²) in [5.74, 6) is -2.04. The minimum atomic E-state index is -1.76. The quantitative estimate of drug-likeness (QED) is 0.285. The number of hydrogen-bond donors (Lipinski definition) is 5. The van der Waals surface area contributed by atoms with Crippen LogP contribution in [0.25, 0.3) is 0 Å². The van der Waals surface area contributed by atoms with Gasteiger partial charge in [-0.3, -0.25) is 4.90 Å². The largest absolute Gasteiger partial charge is 0.392 e. The Kier molecular flexibility index (Phi) is 5.40. The van der Waals surface area contributed by atoms with Crippen molar-refractivity contribution in [3.8, 4) is 0 Å². The van der Waals surface area contributed by atoms with Crippen LogP contribution in [0.1, 0.15) is 19.8 Å². The molecule has 1 spiro atoms. The minimum absolute atomic E-state index is 0.156. The highest BCUT2D eigenvalue weighted by Crippen LogP contribution is 2.79. The highest BCUT2D eigenvalue weighted by Gasteiger charge is 2.90. The Morgan fingerprint density at radius 3 is 2.23 bits per heavy atom. The molecule has 4 unspecified atom stereocenters. The fourth-order valence-corrected chi connectivity index (χ4v) is 11.0. The van der Waals surface area contributed by atoms with Gasteiger partial charge in [0.05, 0.1) is 31.0 Å². The number of ether oxygens (including phenoxy) is 4. The van der Waals surface area contributed by atoms with Gasteiger partial charge in [-0.2, -0.15) is 0 Å². The number of fused-ring (bicyclic) bond motifs is 2. The average molecular weight is 500 g/mol. The highest BCUT2D eigenvalue weighted by atomic mass is 16.5. The molecule has 0 aromatic heterocycles. The summed E-state index contributed by atoms with van der Waals surface area (Å²) in [4.78, 5) is 2.29. The summed E-state index contributed by atoms with van der Waals surface area (Å²) in [6, 6.07) is -0.240. The maximum atomic E-state index is 12.6. The summed E-state index contributed by atoms with van der Waals surface area (Å²) in [7, 11) is 6.29. The molecule has 10 nitrogen and oxygen atoms in total. The lowest BCUT2D eigenvalue weighted by Crippen LogP contribution is -2.81. The number of methoxy groups -OCH3 is 4. The molecule has 6 rings (SSSR count). The smallest absolute Gasteiger partial charge is 0.120 e. The van der Waals surface area contributed by atoms with Crippen LogP contribution in [0.2, 0.25) is 0 Å². The molecule has 5 saturated carbocycles. The van der Waals surface area contributed by atoms with Crippen LogP contribution in [0.4, 0.5) is 0 Å². The first-order valence-electron chi connectivity index (χ1n) is 12.9. The third-order valence-corrected chi connectivity index (χ3v) is 11.7. The van der Waals surface area contributed by atoms with E-state index < -0.39 is 76.4 Å². The van der Waals surface area contributed by atoms with Crippen molar-refractivity contribution in [1.29, 1.82) is 0 Å². The van der Waals surface area contributed by atoms with Gasteiger partial charge in [-0.25, -0.2) is 0 Å². The van der Waals surface area contributed by atoms with Gasteiger partial charge in [-0.1, -0.05) is 6.92 Å². The molecule has 0 radical (unpaired) electrons. The molecule has 0 aromatic carbocycles. The third kappa shape index (κ3) is 2.35. The number of hydrogen-bond acceptors (Lipinski definition) is 10. The summed E-state index contributed by atoms with van der Waals surface area (Å²) in [6.45, 7) is 3.58. The number of piperidine rings is 1. The topological polar surface area (TPSA) is 141 Å². The summed E-state index contributed by atoms with van der Waals surface area (Å²) >= 11 is 0. The number of rotatable bonds is 6. The predicted molar refractivity (Wildman–Crippen MR) is 121 cm³/mol. The Balaban J connectivity index is 1.68. The van der Waals surface area contributed by atoms with Crippen LogP contribution in [0.5, 0.6) is 0 Å². The van der Waals surface area contributed by atoms with E-state index in [1.807, 2.05) is 0 Å². The van der Waals surface area contributed by atoms with Crippen molar-refractivity contribution in [2.24, 2.45) is 34.5 Å². The van der Waals surface area contributed by atoms with Gasteiger partial charge in [-0.05, 0) is 18.9 Å². The molecule has 10 heteroatoms. The molecule has 1 saturated heterocycles. The summed E-state index contributed by atoms with van der Waals surface area (Å²) in [5, 5.41) is 59.3. The fourth-order valence-electron chi connectivity index (χ4n) is 11.0. The third-order valence-electron chi connectivity index (χ3n) is 11.7. The molecule has 0 amide bonds. The first kappa shape index (κ1) is 24.9. The molecular weight excluding hydrogens is 458 g/mol. The van der Waals surface area contributed by atoms with Gasteiger partial charge in [0.25, 0.3) is 0 Å². The molecule has 35 heavy (non-hydrogen) atoms. The molecule has 6 fully saturated rings. The Labute approximate surface area is 206 Å². The molecule has 15 atom stereocenters. The van der Waals surface area contributed by atoms with Crippen molar-refractivity contribution >= 4 is 0 Å². The van der Waals surface area contributed by atoms with Crippen molar-refractivity contribution in [3.05, 3.63) is 0 Å². The number of likely N-dealkylation sites (tertiary alicyclic amines) is 1. The van der Waals surface area contributed by atoms with Gasteiger partial charge in [0, 0.05) is 76.0 Å². The summed E-state index contributed by atoms with van der Waals surface area (Å²) in [6.07, 6.45) is -4.95. The van der Waals surface area contributed by atoms with E-state index in [9.17, 15) is 25.5 Å². The molecule has 200 valence electrons. The second-order valence-corrected chi connectivity index (χ2v) is 12.1. The van der Waals surface area contributed by atoms with Crippen LogP contribution in [0.15, 0.2) is 0 Å². The van der Waals surface area contributed by atoms with Crippen LogP contribution < -0.4 is 0 Å². The average Bonchev–Trinajstić information content (AvgIpc) is 3.19. The second kappa shape index (κ2) is 7.59. The van der Waals surface area contributed by atoms with Crippen LogP contribution in [-0.4, -0.2) is 132 Å². The number of nitrogens with zero attached hydrogens (tertiary/aromatic N) is 1. The van der Waals surface area contributed by atoms with Gasteiger partial charge in [-0.15, -0.1) is 0 Å². The normalized spacial score (nSPS) is 62.4. The van der Waals surface area contributed by atoms with E-state index in [-0.39, 0.29) is 18.4 Å². The lowest BCUT2D eigenvalue weighted by molar-refractivity contribution is -0.320. The molecule has 0 aromatic rings. The molecule has 1 heterocycles. The fraction of sp³-hybridized carbons (Fsp3) is 1.00. The zero-order valence-electron chi connectivity index (χ0n) is 21.2. The zero-order valence-corrected chi connectivity index (χ0v) is 21.2. The van der Waals surface area contributed by atoms with E-state index in [0.29, 0.717) is 26.1 Å². The first-order chi connectivity index (χ1) is 16.6. The van der Waals surface area contributed by atoms with Crippen molar-refractivity contribution in [2.75, 3.05) is 48.1 Å². The molecule has 1 aliphatic heterocycles. The van der Waals surface area contributed by atoms with Gasteiger partial charge in [0.15, 0.2) is 0 Å². The van der Waals surface area contributed by atoms with Crippen molar-refractivity contribution in [3.63, 3.8) is 0 Å². The predicted octanol–water partition coefficient (Wildman–Crippen LogP) is -1.79. The Hall–Kier alpha value is -0.400. The van der Waals surface area contributed by atoms with Crippen LogP contribution >= 0.6 is 0 Å². The monoisotopic (exact) mass is 499 g/mol. The Morgan fingerprint density at radius 1 is 0.943 bits per heavy atom. The van der Waals surface area contributed by atoms with Gasteiger partial charge < -0.3 is 44.5 Å². The lowest BCUT2D eigenvalue weighted by atomic mass is 9.42. The van der Waals surface area contributed by atoms with E-state index in [0.717, 1.165) is 0 Å². The van der Waals surface area contributed by atoms with E-state index in [2.05, 4.69) is 11.8 Å². The summed E-state index contributed by atoms with van der Waals surface area (Å²) in [5.41, 5.74) is -4.81. The van der Waals surface area contributed by atoms with E-state index >= 15 is 0 Å². The first-order valence-corrected chi connectivity index (χ1v) is 12.9. The molecular formula is C25H41NO9. The summed E-state index contributed by atoms with van der Waals surface area (Å²) < 4.78 is 23.7.